The van der Waals surface area contributed by atoms with E-state index in [1.807, 2.05) is 0 Å². The third-order valence-electron chi connectivity index (χ3n) is 4.69. The number of halogens is 2. The summed E-state index contributed by atoms with van der Waals surface area (Å²) in [6.45, 7) is 0.895. The number of aromatic nitrogens is 2. The standard InChI is InChI=1S/C18H16BrFN4O3S/c19-13-9-15-16(11-22-17(15)21-10-13)28(26,27)24-7-5-23(6-8-24)18(25)12-1-3-14(20)4-2-12/h1-4,9-11H,5-8H2,(H,21,22). The van der Waals surface area contributed by atoms with E-state index in [1.54, 1.807) is 17.2 Å². The molecular formula is C18H16BrFN4O3S. The van der Waals surface area contributed by atoms with Crippen molar-refractivity contribution >= 4 is 42.9 Å². The lowest BCUT2D eigenvalue weighted by atomic mass is 10.2. The van der Waals surface area contributed by atoms with Gasteiger partial charge in [-0.2, -0.15) is 4.31 Å². The summed E-state index contributed by atoms with van der Waals surface area (Å²) < 4.78 is 41.2. The Morgan fingerprint density at radius 2 is 1.82 bits per heavy atom. The van der Waals surface area contributed by atoms with Crippen LogP contribution < -0.4 is 0 Å². The molecule has 1 amide bonds. The molecule has 3 aromatic rings. The van der Waals surface area contributed by atoms with Crippen molar-refractivity contribution in [2.75, 3.05) is 26.2 Å². The van der Waals surface area contributed by atoms with Gasteiger partial charge in [0.15, 0.2) is 0 Å². The van der Waals surface area contributed by atoms with Crippen LogP contribution >= 0.6 is 15.9 Å². The first-order valence-electron chi connectivity index (χ1n) is 8.54. The molecule has 4 rings (SSSR count). The van der Waals surface area contributed by atoms with Gasteiger partial charge in [0, 0.05) is 54.0 Å². The van der Waals surface area contributed by atoms with Gasteiger partial charge in [0.25, 0.3) is 5.91 Å². The quantitative estimate of drug-likeness (QED) is 0.642. The molecule has 0 spiro atoms. The summed E-state index contributed by atoms with van der Waals surface area (Å²) >= 11 is 3.31. The molecule has 3 heterocycles. The first-order valence-corrected chi connectivity index (χ1v) is 10.8. The van der Waals surface area contributed by atoms with Crippen LogP contribution in [0.15, 0.2) is 52.1 Å². The molecular weight excluding hydrogens is 451 g/mol. The molecule has 2 aromatic heterocycles. The highest BCUT2D eigenvalue weighted by molar-refractivity contribution is 9.10. The van der Waals surface area contributed by atoms with Crippen molar-refractivity contribution in [1.29, 1.82) is 0 Å². The maximum atomic E-state index is 13.1. The van der Waals surface area contributed by atoms with Crippen molar-refractivity contribution in [3.63, 3.8) is 0 Å². The van der Waals surface area contributed by atoms with Gasteiger partial charge >= 0.3 is 0 Å². The van der Waals surface area contributed by atoms with Gasteiger partial charge in [0.2, 0.25) is 10.0 Å². The summed E-state index contributed by atoms with van der Waals surface area (Å²) in [4.78, 5) is 21.3. The average molecular weight is 467 g/mol. The molecule has 0 radical (unpaired) electrons. The molecule has 1 saturated heterocycles. The SMILES string of the molecule is O=C(c1ccc(F)cc1)N1CCN(S(=O)(=O)c2c[nH]c3ncc(Br)cc23)CC1. The number of carbonyl (C=O) groups is 1. The Morgan fingerprint density at radius 3 is 2.50 bits per heavy atom. The Kier molecular flexibility index (Phi) is 4.94. The number of amides is 1. The molecule has 0 unspecified atom stereocenters. The van der Waals surface area contributed by atoms with Crippen molar-refractivity contribution in [1.82, 2.24) is 19.2 Å². The number of rotatable bonds is 3. The van der Waals surface area contributed by atoms with Crippen LogP contribution in [-0.2, 0) is 10.0 Å². The normalized spacial score (nSPS) is 15.9. The molecule has 1 N–H and O–H groups in total. The zero-order chi connectivity index (χ0) is 19.9. The van der Waals surface area contributed by atoms with E-state index in [4.69, 9.17) is 0 Å². The number of nitrogens with zero attached hydrogens (tertiary/aromatic N) is 3. The van der Waals surface area contributed by atoms with Gasteiger partial charge in [-0.3, -0.25) is 4.79 Å². The van der Waals surface area contributed by atoms with Gasteiger partial charge < -0.3 is 9.88 Å². The van der Waals surface area contributed by atoms with Crippen LogP contribution in [0.5, 0.6) is 0 Å². The van der Waals surface area contributed by atoms with Crippen molar-refractivity contribution < 1.29 is 17.6 Å². The summed E-state index contributed by atoms with van der Waals surface area (Å²) in [6.07, 6.45) is 3.03. The van der Waals surface area contributed by atoms with Crippen molar-refractivity contribution in [2.45, 2.75) is 4.90 Å². The molecule has 0 aliphatic carbocycles. The minimum absolute atomic E-state index is 0.162. The minimum Gasteiger partial charge on any atom is -0.345 e. The molecule has 7 nitrogen and oxygen atoms in total. The molecule has 0 saturated carbocycles. The van der Waals surface area contributed by atoms with Crippen LogP contribution in [0.1, 0.15) is 10.4 Å². The Labute approximate surface area is 169 Å². The highest BCUT2D eigenvalue weighted by Gasteiger charge is 2.32. The summed E-state index contributed by atoms with van der Waals surface area (Å²) in [5.41, 5.74) is 0.872. The van der Waals surface area contributed by atoms with Gasteiger partial charge in [-0.05, 0) is 46.3 Å². The molecule has 146 valence electrons. The fourth-order valence-corrected chi connectivity index (χ4v) is 5.11. The number of sulfonamides is 1. The van der Waals surface area contributed by atoms with Gasteiger partial charge in [-0.25, -0.2) is 17.8 Å². The lowest BCUT2D eigenvalue weighted by Crippen LogP contribution is -2.50. The first-order chi connectivity index (χ1) is 13.4. The topological polar surface area (TPSA) is 86.4 Å². The summed E-state index contributed by atoms with van der Waals surface area (Å²) in [6, 6.07) is 7.03. The molecule has 0 atom stereocenters. The molecule has 10 heteroatoms. The number of H-pyrrole nitrogens is 1. The predicted octanol–water partition coefficient (Wildman–Crippen LogP) is 2.61. The van der Waals surface area contributed by atoms with Crippen LogP contribution in [0.4, 0.5) is 4.39 Å². The highest BCUT2D eigenvalue weighted by atomic mass is 79.9. The van der Waals surface area contributed by atoms with Gasteiger partial charge in [-0.1, -0.05) is 0 Å². The molecule has 1 fully saturated rings. The van der Waals surface area contributed by atoms with Crippen molar-refractivity contribution in [3.05, 3.63) is 58.6 Å². The Morgan fingerprint density at radius 1 is 1.14 bits per heavy atom. The fraction of sp³-hybridized carbons (Fsp3) is 0.222. The number of fused-ring (bicyclic) bond motifs is 1. The fourth-order valence-electron chi connectivity index (χ4n) is 3.21. The third-order valence-corrected chi connectivity index (χ3v) is 7.07. The number of benzene rings is 1. The van der Waals surface area contributed by atoms with Crippen molar-refractivity contribution in [2.24, 2.45) is 0 Å². The van der Waals surface area contributed by atoms with Gasteiger partial charge in [-0.15, -0.1) is 0 Å². The van der Waals surface area contributed by atoms with E-state index in [2.05, 4.69) is 25.9 Å². The van der Waals surface area contributed by atoms with Crippen LogP contribution in [0.25, 0.3) is 11.0 Å². The molecule has 1 aliphatic rings. The van der Waals surface area contributed by atoms with E-state index in [0.29, 0.717) is 21.1 Å². The average Bonchev–Trinajstić information content (AvgIpc) is 3.12. The first kappa shape index (κ1) is 19.0. The minimum atomic E-state index is -3.73. The highest BCUT2D eigenvalue weighted by Crippen LogP contribution is 2.27. The third kappa shape index (κ3) is 3.43. The van der Waals surface area contributed by atoms with Crippen LogP contribution in [0.2, 0.25) is 0 Å². The van der Waals surface area contributed by atoms with Crippen LogP contribution in [0, 0.1) is 5.82 Å². The smallest absolute Gasteiger partial charge is 0.253 e. The number of aromatic amines is 1. The molecule has 1 aromatic carbocycles. The second-order valence-electron chi connectivity index (χ2n) is 6.41. The predicted molar refractivity (Wildman–Crippen MR) is 105 cm³/mol. The number of piperazine rings is 1. The van der Waals surface area contributed by atoms with Gasteiger partial charge in [0.05, 0.1) is 0 Å². The number of hydrogen-bond acceptors (Lipinski definition) is 4. The second-order valence-corrected chi connectivity index (χ2v) is 9.23. The summed E-state index contributed by atoms with van der Waals surface area (Å²) in [5, 5.41) is 0.513. The number of hydrogen-bond donors (Lipinski definition) is 1. The zero-order valence-electron chi connectivity index (χ0n) is 14.6. The van der Waals surface area contributed by atoms with E-state index in [0.717, 1.165) is 0 Å². The number of carbonyl (C=O) groups excluding carboxylic acids is 1. The van der Waals surface area contributed by atoms with E-state index < -0.39 is 15.8 Å². The second kappa shape index (κ2) is 7.26. The van der Waals surface area contributed by atoms with Crippen LogP contribution in [-0.4, -0.2) is 59.7 Å². The monoisotopic (exact) mass is 466 g/mol. The lowest BCUT2D eigenvalue weighted by molar-refractivity contribution is 0.0698. The molecule has 0 bridgehead atoms. The van der Waals surface area contributed by atoms with E-state index in [-0.39, 0.29) is 37.0 Å². The maximum Gasteiger partial charge on any atom is 0.253 e. The zero-order valence-corrected chi connectivity index (χ0v) is 17.0. The summed E-state index contributed by atoms with van der Waals surface area (Å²) in [5.74, 6) is -0.649. The maximum absolute atomic E-state index is 13.1. The van der Waals surface area contributed by atoms with Crippen molar-refractivity contribution in [3.8, 4) is 0 Å². The Bertz CT molecular complexity index is 1140. The number of nitrogens with one attached hydrogen (secondary N) is 1. The Hall–Kier alpha value is -2.30. The van der Waals surface area contributed by atoms with E-state index >= 15 is 0 Å². The van der Waals surface area contributed by atoms with E-state index in [1.165, 1.54) is 34.8 Å². The molecule has 28 heavy (non-hydrogen) atoms. The lowest BCUT2D eigenvalue weighted by Gasteiger charge is -2.34. The number of pyridine rings is 1. The van der Waals surface area contributed by atoms with E-state index in [9.17, 15) is 17.6 Å². The largest absolute Gasteiger partial charge is 0.345 e. The summed E-state index contributed by atoms with van der Waals surface area (Å²) in [7, 11) is -3.73. The molecule has 1 aliphatic heterocycles. The van der Waals surface area contributed by atoms with Gasteiger partial charge in [0.1, 0.15) is 16.4 Å². The Balaban J connectivity index is 1.51. The van der Waals surface area contributed by atoms with Crippen LogP contribution in [0.3, 0.4) is 0 Å².